The molecule has 6 nitrogen and oxygen atoms in total. The van der Waals surface area contributed by atoms with Gasteiger partial charge in [0.1, 0.15) is 0 Å². The van der Waals surface area contributed by atoms with Crippen molar-refractivity contribution in [2.45, 2.75) is 0 Å². The van der Waals surface area contributed by atoms with Gasteiger partial charge in [-0.3, -0.25) is 14.9 Å². The smallest absolute Gasteiger partial charge is 0.312 e. The van der Waals surface area contributed by atoms with E-state index in [-0.39, 0.29) is 33.9 Å². The summed E-state index contributed by atoms with van der Waals surface area (Å²) < 4.78 is 6.86. The molecule has 0 saturated carbocycles. The quantitative estimate of drug-likeness (QED) is 0.478. The largest absolute Gasteiger partial charge is 0.478 e. The van der Waals surface area contributed by atoms with Gasteiger partial charge in [0.2, 0.25) is 5.78 Å². The number of nitro groups is 1. The molecular formula is C13H10Cl2N2O4. The summed E-state index contributed by atoms with van der Waals surface area (Å²) in [5.41, 5.74) is 0.0989. The third-order valence-electron chi connectivity index (χ3n) is 2.79. The molecule has 2 rings (SSSR count). The second-order valence-electron chi connectivity index (χ2n) is 4.21. The third kappa shape index (κ3) is 3.34. The van der Waals surface area contributed by atoms with Crippen molar-refractivity contribution in [1.29, 1.82) is 0 Å². The predicted molar refractivity (Wildman–Crippen MR) is 78.4 cm³/mol. The predicted octanol–water partition coefficient (Wildman–Crippen LogP) is 3.50. The second kappa shape index (κ2) is 6.15. The Kier molecular flexibility index (Phi) is 4.50. The number of hydrogen-bond acceptors (Lipinski definition) is 4. The van der Waals surface area contributed by atoms with Crippen LogP contribution in [0.3, 0.4) is 0 Å². The minimum atomic E-state index is -0.648. The number of aromatic nitrogens is 1. The number of Topliss-reactive ketones (excluding diaryl/α,β-unsaturated/α-hetero) is 1. The molecule has 0 aliphatic carbocycles. The molecule has 0 spiro atoms. The molecule has 1 aromatic carbocycles. The van der Waals surface area contributed by atoms with Gasteiger partial charge in [-0.15, -0.1) is 0 Å². The van der Waals surface area contributed by atoms with Crippen molar-refractivity contribution in [2.24, 2.45) is 7.05 Å². The summed E-state index contributed by atoms with van der Waals surface area (Å²) in [6.07, 6.45) is 1.72. The standard InChI is InChI=1S/C13H10Cl2N2O4/c1-16-4-2-3-10(16)12(18)7-21-13-6-9(15)8(14)5-11(13)17(19)20/h2-6H,7H2,1H3. The number of aryl methyl sites for hydroxylation is 1. The molecule has 0 aliphatic rings. The molecule has 0 amide bonds. The van der Waals surface area contributed by atoms with Crippen LogP contribution in [0.1, 0.15) is 10.5 Å². The van der Waals surface area contributed by atoms with Gasteiger partial charge in [-0.05, 0) is 12.1 Å². The van der Waals surface area contributed by atoms with Crippen LogP contribution in [0.15, 0.2) is 30.5 Å². The Hall–Kier alpha value is -2.05. The summed E-state index contributed by atoms with van der Waals surface area (Å²) in [4.78, 5) is 22.3. The molecule has 21 heavy (non-hydrogen) atoms. The number of carbonyl (C=O) groups excluding carboxylic acids is 1. The first-order valence-electron chi connectivity index (χ1n) is 5.81. The van der Waals surface area contributed by atoms with E-state index in [2.05, 4.69) is 0 Å². The van der Waals surface area contributed by atoms with Crippen LogP contribution >= 0.6 is 23.2 Å². The summed E-state index contributed by atoms with van der Waals surface area (Å²) in [6, 6.07) is 5.66. The van der Waals surface area contributed by atoms with Crippen molar-refractivity contribution >= 4 is 34.7 Å². The van der Waals surface area contributed by atoms with Crippen LogP contribution in [0.25, 0.3) is 0 Å². The fourth-order valence-corrected chi connectivity index (χ4v) is 2.06. The minimum Gasteiger partial charge on any atom is -0.478 e. The Labute approximate surface area is 130 Å². The fourth-order valence-electron chi connectivity index (χ4n) is 1.74. The Balaban J connectivity index is 2.20. The van der Waals surface area contributed by atoms with Crippen LogP contribution in [0.4, 0.5) is 5.69 Å². The summed E-state index contributed by atoms with van der Waals surface area (Å²) in [6.45, 7) is -0.337. The number of carbonyl (C=O) groups is 1. The lowest BCUT2D eigenvalue weighted by atomic mass is 10.3. The highest BCUT2D eigenvalue weighted by atomic mass is 35.5. The van der Waals surface area contributed by atoms with Crippen molar-refractivity contribution in [3.05, 3.63) is 56.3 Å². The van der Waals surface area contributed by atoms with Gasteiger partial charge in [0.05, 0.1) is 20.7 Å². The van der Waals surface area contributed by atoms with E-state index in [1.165, 1.54) is 6.07 Å². The molecule has 2 aromatic rings. The Morgan fingerprint density at radius 2 is 2.05 bits per heavy atom. The van der Waals surface area contributed by atoms with E-state index in [4.69, 9.17) is 27.9 Å². The van der Waals surface area contributed by atoms with Gasteiger partial charge in [0.25, 0.3) is 0 Å². The number of nitrogens with zero attached hydrogens (tertiary/aromatic N) is 2. The SMILES string of the molecule is Cn1cccc1C(=O)COc1cc(Cl)c(Cl)cc1[N+](=O)[O-]. The first-order chi connectivity index (χ1) is 9.90. The highest BCUT2D eigenvalue weighted by Gasteiger charge is 2.20. The summed E-state index contributed by atoms with van der Waals surface area (Å²) in [5, 5.41) is 11.1. The van der Waals surface area contributed by atoms with Crippen LogP contribution in [-0.2, 0) is 7.05 Å². The van der Waals surface area contributed by atoms with Crippen molar-refractivity contribution in [3.8, 4) is 5.75 Å². The van der Waals surface area contributed by atoms with E-state index < -0.39 is 4.92 Å². The van der Waals surface area contributed by atoms with Gasteiger partial charge in [-0.1, -0.05) is 23.2 Å². The van der Waals surface area contributed by atoms with Gasteiger partial charge in [0, 0.05) is 25.4 Å². The minimum absolute atomic E-state index is 0.0458. The molecule has 0 bridgehead atoms. The maximum Gasteiger partial charge on any atom is 0.312 e. The third-order valence-corrected chi connectivity index (χ3v) is 3.51. The first kappa shape index (κ1) is 15.3. The van der Waals surface area contributed by atoms with Crippen molar-refractivity contribution in [3.63, 3.8) is 0 Å². The zero-order valence-electron chi connectivity index (χ0n) is 10.9. The molecule has 0 fully saturated rings. The van der Waals surface area contributed by atoms with E-state index in [9.17, 15) is 14.9 Å². The molecule has 0 aliphatic heterocycles. The van der Waals surface area contributed by atoms with E-state index in [0.717, 1.165) is 6.07 Å². The summed E-state index contributed by atoms with van der Waals surface area (Å²) >= 11 is 11.5. The summed E-state index contributed by atoms with van der Waals surface area (Å²) in [5.74, 6) is -0.403. The van der Waals surface area contributed by atoms with E-state index in [1.807, 2.05) is 0 Å². The molecule has 1 heterocycles. The molecule has 1 aromatic heterocycles. The lowest BCUT2D eigenvalue weighted by Crippen LogP contribution is -2.15. The topological polar surface area (TPSA) is 74.4 Å². The van der Waals surface area contributed by atoms with Gasteiger partial charge < -0.3 is 9.30 Å². The van der Waals surface area contributed by atoms with Crippen LogP contribution in [-0.4, -0.2) is 21.9 Å². The van der Waals surface area contributed by atoms with Gasteiger partial charge >= 0.3 is 5.69 Å². The number of rotatable bonds is 5. The Morgan fingerprint density at radius 1 is 1.38 bits per heavy atom. The first-order valence-corrected chi connectivity index (χ1v) is 6.56. The second-order valence-corrected chi connectivity index (χ2v) is 5.02. The molecule has 0 saturated heterocycles. The fraction of sp³-hybridized carbons (Fsp3) is 0.154. The lowest BCUT2D eigenvalue weighted by molar-refractivity contribution is -0.385. The number of hydrogen-bond donors (Lipinski definition) is 0. The van der Waals surface area contributed by atoms with Gasteiger partial charge in [0.15, 0.2) is 12.4 Å². The monoisotopic (exact) mass is 328 g/mol. The number of ether oxygens (including phenoxy) is 1. The molecule has 0 atom stereocenters. The molecule has 0 N–H and O–H groups in total. The van der Waals surface area contributed by atoms with Gasteiger partial charge in [-0.25, -0.2) is 0 Å². The van der Waals surface area contributed by atoms with Crippen molar-refractivity contribution in [2.75, 3.05) is 6.61 Å². The molecule has 110 valence electrons. The van der Waals surface area contributed by atoms with Crippen molar-refractivity contribution < 1.29 is 14.5 Å². The zero-order valence-corrected chi connectivity index (χ0v) is 12.4. The highest BCUT2D eigenvalue weighted by Crippen LogP contribution is 2.35. The number of halogens is 2. The average molecular weight is 329 g/mol. The zero-order chi connectivity index (χ0) is 15.6. The summed E-state index contributed by atoms with van der Waals surface area (Å²) in [7, 11) is 1.72. The maximum absolute atomic E-state index is 12.0. The van der Waals surface area contributed by atoms with E-state index in [1.54, 1.807) is 29.9 Å². The van der Waals surface area contributed by atoms with E-state index >= 15 is 0 Å². The van der Waals surface area contributed by atoms with E-state index in [0.29, 0.717) is 5.69 Å². The normalized spacial score (nSPS) is 10.4. The maximum atomic E-state index is 12.0. The Bertz CT molecular complexity index is 712. The number of benzene rings is 1. The molecule has 0 unspecified atom stereocenters. The Morgan fingerprint density at radius 3 is 2.62 bits per heavy atom. The molecular weight excluding hydrogens is 319 g/mol. The van der Waals surface area contributed by atoms with Crippen LogP contribution < -0.4 is 4.74 Å². The van der Waals surface area contributed by atoms with Crippen molar-refractivity contribution in [1.82, 2.24) is 4.57 Å². The lowest BCUT2D eigenvalue weighted by Gasteiger charge is -2.08. The number of nitro benzene ring substituents is 1. The van der Waals surface area contributed by atoms with Gasteiger partial charge in [-0.2, -0.15) is 0 Å². The average Bonchev–Trinajstić information content (AvgIpc) is 2.85. The molecule has 8 heteroatoms. The number of ketones is 1. The van der Waals surface area contributed by atoms with Crippen LogP contribution in [0.5, 0.6) is 5.75 Å². The molecule has 0 radical (unpaired) electrons. The highest BCUT2D eigenvalue weighted by molar-refractivity contribution is 6.42. The van der Waals surface area contributed by atoms with Crippen LogP contribution in [0.2, 0.25) is 10.0 Å². The van der Waals surface area contributed by atoms with Crippen LogP contribution in [0, 0.1) is 10.1 Å².